The van der Waals surface area contributed by atoms with Gasteiger partial charge >= 0.3 is 25.5 Å². The zero-order chi connectivity index (χ0) is 36.7. The van der Waals surface area contributed by atoms with Gasteiger partial charge in [0.1, 0.15) is 12.3 Å². The SMILES string of the molecule is C=C(C(=O)[C@H](OC(C)=O)[C@@H](C)[C@H]1[C@@H](OC(C)=O)C[C@@]2(C)[C@@H]3CC[C@@]4(C)[C@H](C)C(=O)C=C[C@@]45C[C@@]35CC[C@]12C)[C@@H](C)COC(=O)CP(=O)(O)O. The summed E-state index contributed by atoms with van der Waals surface area (Å²) in [6.07, 6.45) is 6.41. The molecule has 2 N–H and O–H groups in total. The fourth-order valence-electron chi connectivity index (χ4n) is 11.7. The fraction of sp³-hybridized carbons (Fsp3) is 0.757. The number of esters is 3. The molecule has 5 aliphatic carbocycles. The summed E-state index contributed by atoms with van der Waals surface area (Å²) in [5.41, 5.74) is -0.782. The Bertz CT molecular complexity index is 1550. The molecule has 12 heteroatoms. The summed E-state index contributed by atoms with van der Waals surface area (Å²) >= 11 is 0. The minimum Gasteiger partial charge on any atom is -0.465 e. The second-order valence-electron chi connectivity index (χ2n) is 16.7. The quantitative estimate of drug-likeness (QED) is 0.123. The van der Waals surface area contributed by atoms with E-state index in [0.717, 1.165) is 32.1 Å². The lowest BCUT2D eigenvalue weighted by molar-refractivity contribution is -0.168. The van der Waals surface area contributed by atoms with E-state index in [2.05, 4.69) is 40.3 Å². The maximum atomic E-state index is 14.1. The molecule has 11 nitrogen and oxygen atoms in total. The summed E-state index contributed by atoms with van der Waals surface area (Å²) in [4.78, 5) is 82.2. The molecule has 0 saturated heterocycles. The molecule has 0 aromatic heterocycles. The number of Topliss-reactive ketones (excluding diaryl/α,β-unsaturated/α-hetero) is 1. The average molecular weight is 705 g/mol. The van der Waals surface area contributed by atoms with Crippen molar-refractivity contribution in [2.75, 3.05) is 12.8 Å². The van der Waals surface area contributed by atoms with Crippen LogP contribution in [0.3, 0.4) is 0 Å². The van der Waals surface area contributed by atoms with Crippen molar-refractivity contribution in [2.24, 2.45) is 56.7 Å². The molecule has 0 aromatic rings. The number of rotatable bonds is 11. The highest BCUT2D eigenvalue weighted by atomic mass is 31.2. The average Bonchev–Trinajstić information content (AvgIpc) is 3.60. The fourth-order valence-corrected chi connectivity index (χ4v) is 12.2. The third-order valence-electron chi connectivity index (χ3n) is 14.5. The molecule has 0 unspecified atom stereocenters. The normalized spacial score (nSPS) is 40.7. The molecule has 4 fully saturated rings. The second kappa shape index (κ2) is 12.3. The molecule has 2 spiro atoms. The van der Waals surface area contributed by atoms with E-state index in [-0.39, 0.29) is 51.5 Å². The topological polar surface area (TPSA) is 171 Å². The van der Waals surface area contributed by atoms with Crippen molar-refractivity contribution in [3.05, 3.63) is 24.3 Å². The summed E-state index contributed by atoms with van der Waals surface area (Å²) in [5.74, 6) is -3.95. The standard InChI is InChI=1S/C37H53O11P/c1-20(17-46-29(41)18-49(43,44)45)21(2)31(42)32(48-25(6)39)22(3)30-27(47-24(5)38)16-35(9)28-11-12-33(7)23(4)26(40)10-13-37(33)19-36(28,37)15-14-34(30,35)8/h10,13,20,22-23,27-28,30,32H,2,11-12,14-19H2,1,3-9H3,(H2,43,44,45)/t20-,22-,23+,27-,28-,30-,32+,33-,34+,35-,36-,37+/m0/s1. The van der Waals surface area contributed by atoms with Crippen molar-refractivity contribution in [1.29, 1.82) is 0 Å². The van der Waals surface area contributed by atoms with E-state index in [4.69, 9.17) is 24.0 Å². The Morgan fingerprint density at radius 1 is 1.02 bits per heavy atom. The van der Waals surface area contributed by atoms with Crippen molar-refractivity contribution in [3.8, 4) is 0 Å². The number of ether oxygens (including phenoxy) is 3. The molecule has 272 valence electrons. The van der Waals surface area contributed by atoms with Crippen LogP contribution in [0.15, 0.2) is 24.3 Å². The van der Waals surface area contributed by atoms with Crippen molar-refractivity contribution in [2.45, 2.75) is 106 Å². The molecule has 0 amide bonds. The number of ketones is 2. The van der Waals surface area contributed by atoms with Crippen LogP contribution in [0.2, 0.25) is 0 Å². The van der Waals surface area contributed by atoms with Crippen LogP contribution in [0.25, 0.3) is 0 Å². The minimum atomic E-state index is -4.62. The van der Waals surface area contributed by atoms with Crippen LogP contribution in [0.5, 0.6) is 0 Å². The van der Waals surface area contributed by atoms with Crippen LogP contribution in [-0.4, -0.2) is 64.2 Å². The van der Waals surface area contributed by atoms with Gasteiger partial charge in [0, 0.05) is 42.9 Å². The van der Waals surface area contributed by atoms with E-state index < -0.39 is 66.9 Å². The number of carbonyl (C=O) groups is 5. The van der Waals surface area contributed by atoms with Gasteiger partial charge in [-0.3, -0.25) is 28.5 Å². The minimum absolute atomic E-state index is 0.0324. The van der Waals surface area contributed by atoms with E-state index in [9.17, 15) is 28.5 Å². The number of carbonyl (C=O) groups excluding carboxylic acids is 5. The molecule has 4 saturated carbocycles. The maximum absolute atomic E-state index is 14.1. The highest BCUT2D eigenvalue weighted by Gasteiger charge is 2.84. The van der Waals surface area contributed by atoms with Gasteiger partial charge in [-0.15, -0.1) is 0 Å². The number of fused-ring (bicyclic) bond motifs is 2. The van der Waals surface area contributed by atoms with Gasteiger partial charge in [-0.25, -0.2) is 0 Å². The Kier molecular flexibility index (Phi) is 9.42. The van der Waals surface area contributed by atoms with Gasteiger partial charge in [-0.1, -0.05) is 54.2 Å². The van der Waals surface area contributed by atoms with Crippen LogP contribution in [0.4, 0.5) is 0 Å². The summed E-state index contributed by atoms with van der Waals surface area (Å²) < 4.78 is 28.1. The lowest BCUT2D eigenvalue weighted by Gasteiger charge is -2.63. The Morgan fingerprint density at radius 3 is 2.27 bits per heavy atom. The van der Waals surface area contributed by atoms with Gasteiger partial charge < -0.3 is 24.0 Å². The van der Waals surface area contributed by atoms with Crippen LogP contribution < -0.4 is 0 Å². The monoisotopic (exact) mass is 704 g/mol. The van der Waals surface area contributed by atoms with Crippen molar-refractivity contribution in [1.82, 2.24) is 0 Å². The first-order valence-electron chi connectivity index (χ1n) is 17.5. The van der Waals surface area contributed by atoms with Crippen LogP contribution >= 0.6 is 7.60 Å². The van der Waals surface area contributed by atoms with Crippen LogP contribution in [0.1, 0.15) is 93.9 Å². The second-order valence-corrected chi connectivity index (χ2v) is 18.3. The van der Waals surface area contributed by atoms with Crippen LogP contribution in [0, 0.1) is 56.7 Å². The van der Waals surface area contributed by atoms with Crippen molar-refractivity contribution >= 4 is 37.1 Å². The number of hydrogen-bond donors (Lipinski definition) is 2. The third kappa shape index (κ3) is 5.70. The first kappa shape index (κ1) is 37.6. The smallest absolute Gasteiger partial charge is 0.336 e. The molecule has 49 heavy (non-hydrogen) atoms. The Morgan fingerprint density at radius 2 is 1.67 bits per heavy atom. The summed E-state index contributed by atoms with van der Waals surface area (Å²) in [5, 5.41) is 0. The van der Waals surface area contributed by atoms with E-state index in [1.54, 1.807) is 6.92 Å². The summed E-state index contributed by atoms with van der Waals surface area (Å²) in [6, 6.07) is 0. The Labute approximate surface area is 289 Å². The van der Waals surface area contributed by atoms with Crippen molar-refractivity contribution in [3.63, 3.8) is 0 Å². The van der Waals surface area contributed by atoms with Gasteiger partial charge in [0.2, 0.25) is 0 Å². The van der Waals surface area contributed by atoms with Gasteiger partial charge in [0.05, 0.1) is 6.61 Å². The molecule has 12 atom stereocenters. The first-order valence-corrected chi connectivity index (χ1v) is 19.3. The number of hydrogen-bond acceptors (Lipinski definition) is 9. The highest BCUT2D eigenvalue weighted by molar-refractivity contribution is 7.52. The third-order valence-corrected chi connectivity index (χ3v) is 15.2. The van der Waals surface area contributed by atoms with E-state index in [1.165, 1.54) is 13.8 Å². The van der Waals surface area contributed by atoms with E-state index in [0.29, 0.717) is 12.3 Å². The largest absolute Gasteiger partial charge is 0.465 e. The van der Waals surface area contributed by atoms with Gasteiger partial charge in [0.25, 0.3) is 0 Å². The molecule has 0 radical (unpaired) electrons. The molecule has 0 bridgehead atoms. The summed E-state index contributed by atoms with van der Waals surface area (Å²) in [6.45, 7) is 18.6. The Balaban J connectivity index is 1.45. The zero-order valence-corrected chi connectivity index (χ0v) is 31.0. The predicted molar refractivity (Wildman–Crippen MR) is 179 cm³/mol. The number of allylic oxidation sites excluding steroid dienone is 2. The molecular weight excluding hydrogens is 651 g/mol. The molecule has 0 aliphatic heterocycles. The van der Waals surface area contributed by atoms with E-state index in [1.807, 2.05) is 13.0 Å². The first-order chi connectivity index (χ1) is 22.5. The maximum Gasteiger partial charge on any atom is 0.336 e. The lowest BCUT2D eigenvalue weighted by atomic mass is 9.41. The lowest BCUT2D eigenvalue weighted by Crippen LogP contribution is -2.58. The van der Waals surface area contributed by atoms with E-state index >= 15 is 0 Å². The highest BCUT2D eigenvalue weighted by Crippen LogP contribution is 2.89. The molecular formula is C37H53O11P. The zero-order valence-electron chi connectivity index (χ0n) is 30.1. The van der Waals surface area contributed by atoms with Gasteiger partial charge in [-0.2, -0.15) is 0 Å². The summed E-state index contributed by atoms with van der Waals surface area (Å²) in [7, 11) is -4.62. The predicted octanol–water partition coefficient (Wildman–Crippen LogP) is 5.36. The van der Waals surface area contributed by atoms with Gasteiger partial charge in [-0.05, 0) is 77.8 Å². The molecule has 5 rings (SSSR count). The van der Waals surface area contributed by atoms with Gasteiger partial charge in [0.15, 0.2) is 17.7 Å². The van der Waals surface area contributed by atoms with Crippen LogP contribution in [-0.2, 0) is 42.7 Å². The Hall–Kier alpha value is -2.62. The molecule has 0 aromatic carbocycles. The molecule has 0 heterocycles. The molecule has 5 aliphatic rings. The van der Waals surface area contributed by atoms with Crippen molar-refractivity contribution < 1.29 is 52.5 Å².